The fraction of sp³-hybridized carbons (Fsp3) is 0.480. The Morgan fingerprint density at radius 2 is 1.88 bits per heavy atom. The van der Waals surface area contributed by atoms with Gasteiger partial charge in [-0.25, -0.2) is 4.52 Å². The van der Waals surface area contributed by atoms with E-state index in [1.54, 1.807) is 28.7 Å². The first kappa shape index (κ1) is 22.3. The number of likely N-dealkylation sites (tertiary alicyclic amines) is 1. The van der Waals surface area contributed by atoms with Crippen molar-refractivity contribution in [2.24, 2.45) is 5.92 Å². The van der Waals surface area contributed by atoms with Crippen LogP contribution in [0.25, 0.3) is 5.65 Å². The second-order valence-electron chi connectivity index (χ2n) is 9.35. The lowest BCUT2D eigenvalue weighted by molar-refractivity contribution is 0.0744. The number of hydrogen-bond donors (Lipinski definition) is 1. The Kier molecular flexibility index (Phi) is 6.46. The molecule has 1 fully saturated rings. The highest BCUT2D eigenvalue weighted by Gasteiger charge is 2.27. The molecular weight excluding hydrogens is 402 g/mol. The standard InChI is InChI=1S/C25H33N5O2/c1-17(2)16-29-12-10-20(11-13-29)22-14-23(31)27-24-21(15-26-30(22)24)25(32)28(4)18(3)19-8-6-5-7-9-19/h5-9,14-15,17-18,20H,10-13,16H2,1-4H3,(H,27,31)/t18-/m0/s1. The fourth-order valence-electron chi connectivity index (χ4n) is 4.71. The van der Waals surface area contributed by atoms with E-state index in [9.17, 15) is 9.59 Å². The largest absolute Gasteiger partial charge is 0.335 e. The number of piperidine rings is 1. The Balaban J connectivity index is 1.60. The van der Waals surface area contributed by atoms with Crippen molar-refractivity contribution >= 4 is 11.6 Å². The summed E-state index contributed by atoms with van der Waals surface area (Å²) in [6.45, 7) is 9.61. The molecule has 0 bridgehead atoms. The molecule has 0 spiro atoms. The van der Waals surface area contributed by atoms with E-state index in [4.69, 9.17) is 0 Å². The molecule has 7 heteroatoms. The van der Waals surface area contributed by atoms with Crippen molar-refractivity contribution in [3.8, 4) is 0 Å². The van der Waals surface area contributed by atoms with E-state index >= 15 is 0 Å². The Hall–Kier alpha value is -2.93. The first-order valence-corrected chi connectivity index (χ1v) is 11.5. The van der Waals surface area contributed by atoms with Crippen LogP contribution in [0.3, 0.4) is 0 Å². The average Bonchev–Trinajstić information content (AvgIpc) is 3.21. The molecule has 170 valence electrons. The van der Waals surface area contributed by atoms with Crippen LogP contribution < -0.4 is 5.56 Å². The number of carbonyl (C=O) groups is 1. The van der Waals surface area contributed by atoms with E-state index < -0.39 is 0 Å². The van der Waals surface area contributed by atoms with E-state index in [1.165, 1.54) is 0 Å². The van der Waals surface area contributed by atoms with Crippen molar-refractivity contribution in [2.75, 3.05) is 26.7 Å². The second-order valence-corrected chi connectivity index (χ2v) is 9.35. The Labute approximate surface area is 189 Å². The lowest BCUT2D eigenvalue weighted by Gasteiger charge is -2.33. The van der Waals surface area contributed by atoms with Gasteiger partial charge in [0.05, 0.1) is 17.9 Å². The highest BCUT2D eigenvalue weighted by Crippen LogP contribution is 2.29. The van der Waals surface area contributed by atoms with Crippen molar-refractivity contribution in [1.29, 1.82) is 0 Å². The van der Waals surface area contributed by atoms with Gasteiger partial charge in [-0.3, -0.25) is 9.59 Å². The quantitative estimate of drug-likeness (QED) is 0.641. The minimum Gasteiger partial charge on any atom is -0.335 e. The van der Waals surface area contributed by atoms with Crippen LogP contribution in [0.1, 0.15) is 67.2 Å². The summed E-state index contributed by atoms with van der Waals surface area (Å²) in [5.74, 6) is 0.746. The number of nitrogens with zero attached hydrogens (tertiary/aromatic N) is 4. The maximum atomic E-state index is 13.3. The van der Waals surface area contributed by atoms with Crippen molar-refractivity contribution in [2.45, 2.75) is 45.6 Å². The third-order valence-electron chi connectivity index (χ3n) is 6.58. The fourth-order valence-corrected chi connectivity index (χ4v) is 4.71. The maximum Gasteiger partial charge on any atom is 0.259 e. The number of rotatable bonds is 6. The number of aromatic amines is 1. The molecule has 3 aromatic rings. The number of nitrogens with one attached hydrogen (secondary N) is 1. The summed E-state index contributed by atoms with van der Waals surface area (Å²) in [5, 5.41) is 4.52. The molecule has 0 saturated carbocycles. The molecule has 1 aromatic carbocycles. The summed E-state index contributed by atoms with van der Waals surface area (Å²) in [4.78, 5) is 32.9. The van der Waals surface area contributed by atoms with E-state index in [0.29, 0.717) is 17.1 Å². The first-order chi connectivity index (χ1) is 15.3. The monoisotopic (exact) mass is 435 g/mol. The van der Waals surface area contributed by atoms with Crippen molar-refractivity contribution in [1.82, 2.24) is 24.4 Å². The van der Waals surface area contributed by atoms with E-state index in [1.807, 2.05) is 37.3 Å². The molecule has 1 amide bonds. The molecule has 1 aliphatic rings. The normalized spacial score (nSPS) is 16.5. The van der Waals surface area contributed by atoms with Crippen LogP contribution in [0.5, 0.6) is 0 Å². The van der Waals surface area contributed by atoms with E-state index in [2.05, 4.69) is 28.8 Å². The van der Waals surface area contributed by atoms with Crippen molar-refractivity contribution < 1.29 is 4.79 Å². The van der Waals surface area contributed by atoms with Gasteiger partial charge in [0.2, 0.25) is 0 Å². The zero-order chi connectivity index (χ0) is 22.8. The summed E-state index contributed by atoms with van der Waals surface area (Å²) in [5.41, 5.74) is 2.67. The van der Waals surface area contributed by atoms with Gasteiger partial charge in [0.25, 0.3) is 11.5 Å². The van der Waals surface area contributed by atoms with Crippen LogP contribution in [-0.4, -0.2) is 57.0 Å². The molecule has 1 aliphatic heterocycles. The SMILES string of the molecule is CC(C)CN1CCC(c2cc(=O)[nH]c3c(C(=O)N(C)[C@@H](C)c4ccccc4)cnn23)CC1. The number of benzene rings is 1. The Morgan fingerprint density at radius 1 is 1.19 bits per heavy atom. The average molecular weight is 436 g/mol. The highest BCUT2D eigenvalue weighted by molar-refractivity contribution is 5.99. The molecule has 1 atom stereocenters. The molecule has 3 heterocycles. The Bertz CT molecular complexity index is 1130. The van der Waals surface area contributed by atoms with Gasteiger partial charge >= 0.3 is 0 Å². The molecule has 1 saturated heterocycles. The molecule has 0 aliphatic carbocycles. The van der Waals surface area contributed by atoms with Gasteiger partial charge in [0.15, 0.2) is 0 Å². The summed E-state index contributed by atoms with van der Waals surface area (Å²) in [6.07, 6.45) is 3.55. The third-order valence-corrected chi connectivity index (χ3v) is 6.58. The number of aromatic nitrogens is 3. The number of hydrogen-bond acceptors (Lipinski definition) is 4. The van der Waals surface area contributed by atoms with Crippen LogP contribution in [0, 0.1) is 5.92 Å². The molecule has 0 unspecified atom stereocenters. The predicted octanol–water partition coefficient (Wildman–Crippen LogP) is 3.69. The first-order valence-electron chi connectivity index (χ1n) is 11.5. The molecule has 1 N–H and O–H groups in total. The topological polar surface area (TPSA) is 73.7 Å². The Morgan fingerprint density at radius 3 is 2.53 bits per heavy atom. The van der Waals surface area contributed by atoms with Gasteiger partial charge in [0, 0.05) is 25.6 Å². The minimum atomic E-state index is -0.189. The third kappa shape index (κ3) is 4.48. The van der Waals surface area contributed by atoms with Gasteiger partial charge < -0.3 is 14.8 Å². The maximum absolute atomic E-state index is 13.3. The molecular formula is C25H33N5O2. The summed E-state index contributed by atoms with van der Waals surface area (Å²) < 4.78 is 1.76. The van der Waals surface area contributed by atoms with Crippen LogP contribution in [0.4, 0.5) is 0 Å². The smallest absolute Gasteiger partial charge is 0.259 e. The lowest BCUT2D eigenvalue weighted by Crippen LogP contribution is -2.36. The lowest BCUT2D eigenvalue weighted by atomic mass is 9.92. The number of fused-ring (bicyclic) bond motifs is 1. The predicted molar refractivity (Wildman–Crippen MR) is 126 cm³/mol. The van der Waals surface area contributed by atoms with Gasteiger partial charge in [-0.05, 0) is 44.3 Å². The summed E-state index contributed by atoms with van der Waals surface area (Å²) in [7, 11) is 1.79. The zero-order valence-corrected chi connectivity index (χ0v) is 19.4. The zero-order valence-electron chi connectivity index (χ0n) is 19.4. The van der Waals surface area contributed by atoms with E-state index in [0.717, 1.165) is 43.7 Å². The molecule has 0 radical (unpaired) electrons. The van der Waals surface area contributed by atoms with Gasteiger partial charge in [0.1, 0.15) is 11.2 Å². The second kappa shape index (κ2) is 9.28. The minimum absolute atomic E-state index is 0.0983. The number of carbonyl (C=O) groups excluding carboxylic acids is 1. The van der Waals surface area contributed by atoms with Crippen LogP contribution in [0.15, 0.2) is 47.4 Å². The molecule has 2 aromatic heterocycles. The number of amides is 1. The van der Waals surface area contributed by atoms with Gasteiger partial charge in [-0.15, -0.1) is 0 Å². The molecule has 32 heavy (non-hydrogen) atoms. The molecule has 7 nitrogen and oxygen atoms in total. The van der Waals surface area contributed by atoms with Crippen molar-refractivity contribution in [3.05, 3.63) is 69.8 Å². The van der Waals surface area contributed by atoms with Crippen molar-refractivity contribution in [3.63, 3.8) is 0 Å². The summed E-state index contributed by atoms with van der Waals surface area (Å²) in [6, 6.07) is 11.5. The molecule has 4 rings (SSSR count). The van der Waals surface area contributed by atoms with Crippen LogP contribution >= 0.6 is 0 Å². The van der Waals surface area contributed by atoms with Gasteiger partial charge in [-0.2, -0.15) is 5.10 Å². The summed E-state index contributed by atoms with van der Waals surface area (Å²) >= 11 is 0. The van der Waals surface area contributed by atoms with Gasteiger partial charge in [-0.1, -0.05) is 44.2 Å². The highest BCUT2D eigenvalue weighted by atomic mass is 16.2. The van der Waals surface area contributed by atoms with Crippen LogP contribution in [-0.2, 0) is 0 Å². The number of H-pyrrole nitrogens is 1. The van der Waals surface area contributed by atoms with Crippen LogP contribution in [0.2, 0.25) is 0 Å². The van der Waals surface area contributed by atoms with E-state index in [-0.39, 0.29) is 23.4 Å².